The Labute approximate surface area is 243 Å². The topological polar surface area (TPSA) is 109 Å². The van der Waals surface area contributed by atoms with Gasteiger partial charge in [-0.25, -0.2) is 0 Å². The van der Waals surface area contributed by atoms with Crippen LogP contribution in [0.5, 0.6) is 5.75 Å². The van der Waals surface area contributed by atoms with Crippen molar-refractivity contribution in [1.82, 2.24) is 20.1 Å². The number of nitrogens with one attached hydrogen (secondary N) is 2. The Morgan fingerprint density at radius 2 is 1.92 bits per heavy atom. The summed E-state index contributed by atoms with van der Waals surface area (Å²) in [6.07, 6.45) is 3.89. The molecule has 2 aromatic carbocycles. The summed E-state index contributed by atoms with van der Waals surface area (Å²) >= 11 is 6.21. The normalized spacial score (nSPS) is 12.7. The number of amides is 2. The first-order valence-corrected chi connectivity index (χ1v) is 15.4. The van der Waals surface area contributed by atoms with E-state index in [0.717, 1.165) is 41.3 Å². The molecule has 4 aromatic rings. The van der Waals surface area contributed by atoms with Gasteiger partial charge in [0.05, 0.1) is 16.9 Å². The minimum atomic E-state index is -0.215. The molecule has 0 bridgehead atoms. The molecule has 8 nitrogen and oxygen atoms in total. The highest BCUT2D eigenvalue weighted by Crippen LogP contribution is 2.38. The number of rotatable bonds is 9. The molecule has 0 saturated carbocycles. The number of carbonyl (C=O) groups excluding carboxylic acids is 2. The summed E-state index contributed by atoms with van der Waals surface area (Å²) in [4.78, 5) is 27.5. The smallest absolute Gasteiger partial charge is 0.254 e. The van der Waals surface area contributed by atoms with Gasteiger partial charge >= 0.3 is 0 Å². The number of aromatic nitrogens is 3. The summed E-state index contributed by atoms with van der Waals surface area (Å²) in [5.41, 5.74) is 3.23. The summed E-state index contributed by atoms with van der Waals surface area (Å²) in [6.45, 7) is 2.96. The van der Waals surface area contributed by atoms with Gasteiger partial charge in [0.1, 0.15) is 10.8 Å². The lowest BCUT2D eigenvalue weighted by atomic mass is 9.95. The lowest BCUT2D eigenvalue weighted by molar-refractivity contribution is -0.113. The van der Waals surface area contributed by atoms with E-state index in [9.17, 15) is 14.7 Å². The number of aromatic hydroxyl groups is 1. The number of halogens is 1. The highest BCUT2D eigenvalue weighted by atomic mass is 79.9. The van der Waals surface area contributed by atoms with Crippen molar-refractivity contribution < 1.29 is 14.7 Å². The van der Waals surface area contributed by atoms with Crippen molar-refractivity contribution in [3.05, 3.63) is 74.6 Å². The molecule has 2 aromatic heterocycles. The molecule has 1 aliphatic rings. The zero-order chi connectivity index (χ0) is 27.4. The Morgan fingerprint density at radius 1 is 1.13 bits per heavy atom. The first-order chi connectivity index (χ1) is 18.9. The number of benzene rings is 2. The number of aryl methyl sites for hydroxylation is 1. The maximum Gasteiger partial charge on any atom is 0.254 e. The predicted octanol–water partition coefficient (Wildman–Crippen LogP) is 6.03. The second-order valence-electron chi connectivity index (χ2n) is 9.13. The van der Waals surface area contributed by atoms with Crippen molar-refractivity contribution >= 4 is 55.8 Å². The average Bonchev–Trinajstić information content (AvgIpc) is 3.53. The highest BCUT2D eigenvalue weighted by molar-refractivity contribution is 9.10. The predicted molar refractivity (Wildman–Crippen MR) is 158 cm³/mol. The van der Waals surface area contributed by atoms with E-state index >= 15 is 0 Å². The Morgan fingerprint density at radius 3 is 2.72 bits per heavy atom. The van der Waals surface area contributed by atoms with Gasteiger partial charge in [-0.05, 0) is 61.9 Å². The van der Waals surface area contributed by atoms with Gasteiger partial charge in [-0.1, -0.05) is 58.0 Å². The second kappa shape index (κ2) is 12.4. The third-order valence-electron chi connectivity index (χ3n) is 6.51. The zero-order valence-corrected chi connectivity index (χ0v) is 24.6. The summed E-state index contributed by atoms with van der Waals surface area (Å²) in [7, 11) is 0. The van der Waals surface area contributed by atoms with Gasteiger partial charge in [0, 0.05) is 22.4 Å². The molecule has 0 spiro atoms. The number of phenolic OH excluding ortho intramolecular Hbond substituents is 1. The number of carbonyl (C=O) groups is 2. The number of fused-ring (bicyclic) bond motifs is 1. The van der Waals surface area contributed by atoms with Crippen molar-refractivity contribution in [2.45, 2.75) is 50.9 Å². The largest absolute Gasteiger partial charge is 0.507 e. The van der Waals surface area contributed by atoms with Crippen LogP contribution in [0.25, 0.3) is 11.4 Å². The molecule has 0 fully saturated rings. The maximum atomic E-state index is 13.3. The monoisotopic (exact) mass is 625 g/mol. The summed E-state index contributed by atoms with van der Waals surface area (Å²) in [5, 5.41) is 26.1. The standard InChI is InChI=1S/C28H28BrN5O3S2/c1-2-34-25(20-14-18(29)12-13-21(20)35)32-33-28(34)38-16-23(36)31-27-24(19-10-6-7-11-22(19)39-27)26(37)30-15-17-8-4-3-5-9-17/h3-5,8-9,12-14,35H,2,6-7,10-11,15-16H2,1H3,(H,30,37)(H,31,36). The van der Waals surface area contributed by atoms with E-state index in [-0.39, 0.29) is 23.3 Å². The maximum absolute atomic E-state index is 13.3. The first kappa shape index (κ1) is 27.4. The van der Waals surface area contributed by atoms with Gasteiger partial charge in [-0.2, -0.15) is 0 Å². The van der Waals surface area contributed by atoms with Crippen LogP contribution in [0.15, 0.2) is 58.2 Å². The van der Waals surface area contributed by atoms with Crippen LogP contribution in [0.4, 0.5) is 5.00 Å². The first-order valence-electron chi connectivity index (χ1n) is 12.8. The van der Waals surface area contributed by atoms with Crippen molar-refractivity contribution in [3.63, 3.8) is 0 Å². The minimum absolute atomic E-state index is 0.106. The lowest BCUT2D eigenvalue weighted by Crippen LogP contribution is -2.25. The fraction of sp³-hybridized carbons (Fsp3) is 0.286. The molecular weight excluding hydrogens is 598 g/mol. The number of nitrogens with zero attached hydrogens (tertiary/aromatic N) is 3. The van der Waals surface area contributed by atoms with Gasteiger partial charge < -0.3 is 20.3 Å². The summed E-state index contributed by atoms with van der Waals surface area (Å²) < 4.78 is 2.68. The number of thioether (sulfide) groups is 1. The Hall–Kier alpha value is -3.15. The van der Waals surface area contributed by atoms with E-state index in [2.05, 4.69) is 36.8 Å². The van der Waals surface area contributed by atoms with Crippen LogP contribution in [0.1, 0.15) is 46.1 Å². The molecule has 202 valence electrons. The molecule has 2 heterocycles. The summed E-state index contributed by atoms with van der Waals surface area (Å²) in [5.74, 6) is 0.367. The Balaban J connectivity index is 1.30. The number of hydrogen-bond acceptors (Lipinski definition) is 7. The lowest BCUT2D eigenvalue weighted by Gasteiger charge is -2.13. The number of anilines is 1. The fourth-order valence-corrected chi connectivity index (χ4v) is 7.09. The van der Waals surface area contributed by atoms with Crippen molar-refractivity contribution in [2.24, 2.45) is 0 Å². The molecule has 11 heteroatoms. The van der Waals surface area contributed by atoms with Gasteiger partial charge in [-0.15, -0.1) is 21.5 Å². The Bertz CT molecular complexity index is 1500. The molecule has 39 heavy (non-hydrogen) atoms. The molecular formula is C28H28BrN5O3S2. The van der Waals surface area contributed by atoms with Crippen molar-refractivity contribution in [1.29, 1.82) is 0 Å². The van der Waals surface area contributed by atoms with Crippen LogP contribution in [-0.4, -0.2) is 37.4 Å². The van der Waals surface area contributed by atoms with Crippen LogP contribution < -0.4 is 10.6 Å². The van der Waals surface area contributed by atoms with Gasteiger partial charge in [0.2, 0.25) is 5.91 Å². The minimum Gasteiger partial charge on any atom is -0.507 e. The van der Waals surface area contributed by atoms with Crippen LogP contribution in [0, 0.1) is 0 Å². The summed E-state index contributed by atoms with van der Waals surface area (Å²) in [6, 6.07) is 14.9. The molecule has 2 amide bonds. The fourth-order valence-electron chi connectivity index (χ4n) is 4.62. The van der Waals surface area contributed by atoms with E-state index in [1.807, 2.05) is 41.8 Å². The molecule has 0 unspecified atom stereocenters. The highest BCUT2D eigenvalue weighted by Gasteiger charge is 2.26. The molecule has 0 aliphatic heterocycles. The number of hydrogen-bond donors (Lipinski definition) is 3. The van der Waals surface area contributed by atoms with Crippen LogP contribution in [-0.2, 0) is 30.7 Å². The number of thiophene rings is 1. The molecule has 1 aliphatic carbocycles. The van der Waals surface area contributed by atoms with E-state index in [1.54, 1.807) is 18.2 Å². The van der Waals surface area contributed by atoms with Gasteiger partial charge in [0.25, 0.3) is 5.91 Å². The quantitative estimate of drug-likeness (QED) is 0.196. The molecule has 3 N–H and O–H groups in total. The molecule has 0 saturated heterocycles. The molecule has 0 atom stereocenters. The molecule has 5 rings (SSSR count). The zero-order valence-electron chi connectivity index (χ0n) is 21.4. The van der Waals surface area contributed by atoms with Crippen LogP contribution in [0.2, 0.25) is 0 Å². The van der Waals surface area contributed by atoms with Crippen molar-refractivity contribution in [3.8, 4) is 17.1 Å². The van der Waals surface area contributed by atoms with Gasteiger partial charge in [-0.3, -0.25) is 9.59 Å². The van der Waals surface area contributed by atoms with E-state index in [0.29, 0.717) is 40.2 Å². The third-order valence-corrected chi connectivity index (χ3v) is 9.18. The van der Waals surface area contributed by atoms with E-state index < -0.39 is 0 Å². The molecule has 0 radical (unpaired) electrons. The second-order valence-corrected chi connectivity index (χ2v) is 12.1. The van der Waals surface area contributed by atoms with E-state index in [1.165, 1.54) is 28.0 Å². The van der Waals surface area contributed by atoms with E-state index in [4.69, 9.17) is 0 Å². The third kappa shape index (κ3) is 6.21. The average molecular weight is 627 g/mol. The van der Waals surface area contributed by atoms with Crippen molar-refractivity contribution in [2.75, 3.05) is 11.1 Å². The van der Waals surface area contributed by atoms with Gasteiger partial charge in [0.15, 0.2) is 11.0 Å². The SMILES string of the molecule is CCn1c(SCC(=O)Nc2sc3c(c2C(=O)NCc2ccccc2)CCCC3)nnc1-c1cc(Br)ccc1O. The number of phenols is 1. The Kier molecular flexibility index (Phi) is 8.69. The van der Waals surface area contributed by atoms with Crippen LogP contribution >= 0.6 is 39.0 Å². The van der Waals surface area contributed by atoms with Crippen LogP contribution in [0.3, 0.4) is 0 Å².